The molecule has 2 heteroatoms. The largest absolute Gasteiger partial charge is 0.271 e. The van der Waals surface area contributed by atoms with Gasteiger partial charge in [-0.05, 0) is 30.7 Å². The number of allylic oxidation sites excluding steroid dienone is 1. The Morgan fingerprint density at radius 1 is 1.19 bits per heavy atom. The number of hydrazine groups is 1. The van der Waals surface area contributed by atoms with Crippen LogP contribution in [0.5, 0.6) is 0 Å². The number of nitrogens with two attached hydrogens (primary N) is 1. The molecule has 0 aliphatic rings. The number of nitrogens with one attached hydrogen (secondary N) is 1. The first-order chi connectivity index (χ1) is 10.2. The molecule has 0 aliphatic carbocycles. The van der Waals surface area contributed by atoms with Crippen molar-refractivity contribution in [1.29, 1.82) is 0 Å². The summed E-state index contributed by atoms with van der Waals surface area (Å²) in [4.78, 5) is 0. The molecule has 3 unspecified atom stereocenters. The Morgan fingerprint density at radius 2 is 1.90 bits per heavy atom. The van der Waals surface area contributed by atoms with E-state index < -0.39 is 0 Å². The van der Waals surface area contributed by atoms with Crippen LogP contribution in [0.3, 0.4) is 0 Å². The molecule has 21 heavy (non-hydrogen) atoms. The van der Waals surface area contributed by atoms with Crippen LogP contribution in [-0.4, -0.2) is 6.04 Å². The lowest BCUT2D eigenvalue weighted by molar-refractivity contribution is 0.316. The van der Waals surface area contributed by atoms with Gasteiger partial charge in [-0.15, -0.1) is 6.58 Å². The van der Waals surface area contributed by atoms with Crippen LogP contribution in [0.1, 0.15) is 63.9 Å². The summed E-state index contributed by atoms with van der Waals surface area (Å²) in [6.07, 6.45) is 9.15. The topological polar surface area (TPSA) is 38.0 Å². The highest BCUT2D eigenvalue weighted by Gasteiger charge is 2.26. The number of hydrogen-bond donors (Lipinski definition) is 2. The summed E-state index contributed by atoms with van der Waals surface area (Å²) < 4.78 is 0. The molecule has 0 aromatic heterocycles. The van der Waals surface area contributed by atoms with Crippen molar-refractivity contribution in [2.75, 3.05) is 0 Å². The minimum Gasteiger partial charge on any atom is -0.271 e. The van der Waals surface area contributed by atoms with Crippen molar-refractivity contribution in [2.24, 2.45) is 11.8 Å². The van der Waals surface area contributed by atoms with E-state index in [1.54, 1.807) is 0 Å². The third kappa shape index (κ3) is 6.03. The maximum atomic E-state index is 5.88. The fraction of sp³-hybridized carbons (Fsp3) is 0.579. The molecule has 0 spiro atoms. The summed E-state index contributed by atoms with van der Waals surface area (Å²) >= 11 is 0. The van der Waals surface area contributed by atoms with Gasteiger partial charge in [-0.2, -0.15) is 0 Å². The predicted octanol–water partition coefficient (Wildman–Crippen LogP) is 4.78. The van der Waals surface area contributed by atoms with Gasteiger partial charge in [0.15, 0.2) is 0 Å². The van der Waals surface area contributed by atoms with Gasteiger partial charge >= 0.3 is 0 Å². The van der Waals surface area contributed by atoms with Gasteiger partial charge in [0.25, 0.3) is 0 Å². The third-order valence-corrected chi connectivity index (χ3v) is 4.51. The van der Waals surface area contributed by atoms with Crippen LogP contribution in [0.15, 0.2) is 43.0 Å². The molecule has 0 aliphatic heterocycles. The highest BCUT2D eigenvalue weighted by atomic mass is 15.2. The summed E-state index contributed by atoms with van der Waals surface area (Å²) in [5.41, 5.74) is 4.49. The van der Waals surface area contributed by atoms with E-state index >= 15 is 0 Å². The summed E-state index contributed by atoms with van der Waals surface area (Å²) in [6, 6.07) is 11.2. The zero-order valence-corrected chi connectivity index (χ0v) is 13.7. The second kappa shape index (κ2) is 10.6. The molecule has 0 saturated carbocycles. The highest BCUT2D eigenvalue weighted by Crippen LogP contribution is 2.32. The standard InChI is InChI=1S/C19H32N2/c1-4-6-7-8-12-15-18(21-20)19(16(3)5-2)17-13-10-9-11-14-17/h4,9-11,13-14,16,18-19,21H,1,5-8,12,15,20H2,2-3H3. The first kappa shape index (κ1) is 17.9. The molecule has 1 aromatic carbocycles. The summed E-state index contributed by atoms with van der Waals surface area (Å²) in [5.74, 6) is 6.99. The lowest BCUT2D eigenvalue weighted by Crippen LogP contribution is -2.42. The van der Waals surface area contributed by atoms with Crippen LogP contribution in [0.4, 0.5) is 0 Å². The molecule has 0 radical (unpaired) electrons. The number of benzene rings is 1. The van der Waals surface area contributed by atoms with E-state index in [4.69, 9.17) is 5.84 Å². The van der Waals surface area contributed by atoms with Crippen LogP contribution < -0.4 is 11.3 Å². The Hall–Kier alpha value is -1.12. The maximum Gasteiger partial charge on any atom is 0.0281 e. The van der Waals surface area contributed by atoms with E-state index in [-0.39, 0.29) is 0 Å². The van der Waals surface area contributed by atoms with Gasteiger partial charge in [-0.25, -0.2) is 0 Å². The molecule has 118 valence electrons. The van der Waals surface area contributed by atoms with E-state index in [0.717, 1.165) is 12.8 Å². The average Bonchev–Trinajstić information content (AvgIpc) is 2.54. The van der Waals surface area contributed by atoms with Crippen molar-refractivity contribution in [3.05, 3.63) is 48.6 Å². The molecule has 0 fully saturated rings. The monoisotopic (exact) mass is 288 g/mol. The molecule has 0 amide bonds. The normalized spacial score (nSPS) is 15.4. The van der Waals surface area contributed by atoms with Crippen molar-refractivity contribution in [3.63, 3.8) is 0 Å². The van der Waals surface area contributed by atoms with Crippen LogP contribution >= 0.6 is 0 Å². The zero-order chi connectivity index (χ0) is 15.5. The molecule has 0 heterocycles. The van der Waals surface area contributed by atoms with Crippen molar-refractivity contribution in [2.45, 2.75) is 64.3 Å². The smallest absolute Gasteiger partial charge is 0.0281 e. The van der Waals surface area contributed by atoms with E-state index in [1.165, 1.54) is 31.2 Å². The van der Waals surface area contributed by atoms with Gasteiger partial charge < -0.3 is 0 Å². The molecular formula is C19H32N2. The van der Waals surface area contributed by atoms with Crippen LogP contribution in [0, 0.1) is 5.92 Å². The zero-order valence-electron chi connectivity index (χ0n) is 13.7. The molecule has 3 atom stereocenters. The Balaban J connectivity index is 2.68. The third-order valence-electron chi connectivity index (χ3n) is 4.51. The maximum absolute atomic E-state index is 5.88. The molecule has 0 bridgehead atoms. The summed E-state index contributed by atoms with van der Waals surface area (Å²) in [7, 11) is 0. The van der Waals surface area contributed by atoms with Crippen molar-refractivity contribution in [3.8, 4) is 0 Å². The lowest BCUT2D eigenvalue weighted by Gasteiger charge is -2.31. The van der Waals surface area contributed by atoms with Crippen molar-refractivity contribution < 1.29 is 0 Å². The average molecular weight is 288 g/mol. The Kier molecular flexibility index (Phi) is 9.04. The fourth-order valence-electron chi connectivity index (χ4n) is 3.08. The molecule has 1 aromatic rings. The Bertz CT molecular complexity index is 374. The number of unbranched alkanes of at least 4 members (excludes halogenated alkanes) is 3. The Morgan fingerprint density at radius 3 is 2.48 bits per heavy atom. The molecule has 3 N–H and O–H groups in total. The second-order valence-electron chi connectivity index (χ2n) is 6.02. The first-order valence-electron chi connectivity index (χ1n) is 8.36. The van der Waals surface area contributed by atoms with E-state index in [9.17, 15) is 0 Å². The summed E-state index contributed by atoms with van der Waals surface area (Å²) in [5, 5.41) is 0. The minimum atomic E-state index is 0.353. The molecule has 0 saturated heterocycles. The highest BCUT2D eigenvalue weighted by molar-refractivity contribution is 5.22. The van der Waals surface area contributed by atoms with Crippen LogP contribution in [0.25, 0.3) is 0 Å². The van der Waals surface area contributed by atoms with E-state index in [2.05, 4.69) is 56.2 Å². The van der Waals surface area contributed by atoms with E-state index in [1.807, 2.05) is 6.08 Å². The van der Waals surface area contributed by atoms with Gasteiger partial charge in [-0.1, -0.05) is 69.5 Å². The summed E-state index contributed by atoms with van der Waals surface area (Å²) in [6.45, 7) is 8.37. The second-order valence-corrected chi connectivity index (χ2v) is 6.02. The van der Waals surface area contributed by atoms with Crippen LogP contribution in [0.2, 0.25) is 0 Å². The van der Waals surface area contributed by atoms with Crippen molar-refractivity contribution in [1.82, 2.24) is 5.43 Å². The lowest BCUT2D eigenvalue weighted by atomic mass is 9.78. The molecule has 1 rings (SSSR count). The fourth-order valence-corrected chi connectivity index (χ4v) is 3.08. The first-order valence-corrected chi connectivity index (χ1v) is 8.36. The van der Waals surface area contributed by atoms with Crippen LogP contribution in [-0.2, 0) is 0 Å². The number of hydrogen-bond acceptors (Lipinski definition) is 2. The van der Waals surface area contributed by atoms with Gasteiger partial charge in [0.1, 0.15) is 0 Å². The van der Waals surface area contributed by atoms with Gasteiger partial charge in [0, 0.05) is 12.0 Å². The SMILES string of the molecule is C=CCCCCCC(NN)C(c1ccccc1)C(C)CC. The number of rotatable bonds is 11. The van der Waals surface area contributed by atoms with Crippen molar-refractivity contribution >= 4 is 0 Å². The van der Waals surface area contributed by atoms with E-state index in [0.29, 0.717) is 17.9 Å². The molecular weight excluding hydrogens is 256 g/mol. The molecule has 2 nitrogen and oxygen atoms in total. The van der Waals surface area contributed by atoms with Gasteiger partial charge in [0.05, 0.1) is 0 Å². The minimum absolute atomic E-state index is 0.353. The van der Waals surface area contributed by atoms with Gasteiger partial charge in [0.2, 0.25) is 0 Å². The Labute approximate surface area is 130 Å². The van der Waals surface area contributed by atoms with Gasteiger partial charge in [-0.3, -0.25) is 11.3 Å². The quantitative estimate of drug-likeness (QED) is 0.266. The predicted molar refractivity (Wildman–Crippen MR) is 93.0 cm³/mol.